The quantitative estimate of drug-likeness (QED) is 0.778. The highest BCUT2D eigenvalue weighted by Gasteiger charge is 2.01. The summed E-state index contributed by atoms with van der Waals surface area (Å²) in [5, 5.41) is 0. The van der Waals surface area contributed by atoms with Gasteiger partial charge in [0, 0.05) is 16.9 Å². The molecule has 0 unspecified atom stereocenters. The van der Waals surface area contributed by atoms with Crippen molar-refractivity contribution in [1.29, 1.82) is 0 Å². The molecule has 0 amide bonds. The minimum atomic E-state index is 0. The second-order valence-corrected chi connectivity index (χ2v) is 3.21. The summed E-state index contributed by atoms with van der Waals surface area (Å²) >= 11 is 0. The Kier molecular flexibility index (Phi) is 3.74. The third kappa shape index (κ3) is 2.50. The Hall–Kier alpha value is -1.48. The topological polar surface area (TPSA) is 52.0 Å². The maximum atomic E-state index is 5.87. The first-order valence-electron chi connectivity index (χ1n) is 4.48. The molecule has 0 aromatic heterocycles. The van der Waals surface area contributed by atoms with Crippen LogP contribution >= 0.6 is 17.0 Å². The largest absolute Gasteiger partial charge is 0.399 e. The Morgan fingerprint density at radius 3 is 2.13 bits per heavy atom. The van der Waals surface area contributed by atoms with E-state index in [0.29, 0.717) is 0 Å². The van der Waals surface area contributed by atoms with Crippen molar-refractivity contribution in [2.45, 2.75) is 0 Å². The Morgan fingerprint density at radius 2 is 1.47 bits per heavy atom. The lowest BCUT2D eigenvalue weighted by Crippen LogP contribution is -1.92. The Labute approximate surface area is 99.7 Å². The summed E-state index contributed by atoms with van der Waals surface area (Å²) in [5.41, 5.74) is 15.2. The number of nitrogens with two attached hydrogens (primary N) is 2. The van der Waals surface area contributed by atoms with E-state index >= 15 is 0 Å². The molecule has 0 spiro atoms. The zero-order valence-corrected chi connectivity index (χ0v) is 9.89. The Balaban J connectivity index is 0.00000112. The lowest BCUT2D eigenvalue weighted by molar-refractivity contribution is 1.60. The molecule has 0 aliphatic rings. The van der Waals surface area contributed by atoms with Crippen molar-refractivity contribution in [3.63, 3.8) is 0 Å². The van der Waals surface area contributed by atoms with Gasteiger partial charge in [-0.25, -0.2) is 0 Å². The van der Waals surface area contributed by atoms with Crippen LogP contribution in [0.4, 0.5) is 11.4 Å². The summed E-state index contributed by atoms with van der Waals surface area (Å²) in [4.78, 5) is 0. The van der Waals surface area contributed by atoms with Gasteiger partial charge in [0.05, 0.1) is 0 Å². The van der Waals surface area contributed by atoms with Gasteiger partial charge in [-0.15, -0.1) is 17.0 Å². The van der Waals surface area contributed by atoms with Gasteiger partial charge in [-0.2, -0.15) is 0 Å². The second-order valence-electron chi connectivity index (χ2n) is 3.21. The molecule has 0 bridgehead atoms. The summed E-state index contributed by atoms with van der Waals surface area (Å²) in [7, 11) is 0. The van der Waals surface area contributed by atoms with Crippen molar-refractivity contribution in [3.8, 4) is 11.1 Å². The molecule has 0 fully saturated rings. The van der Waals surface area contributed by atoms with Crippen molar-refractivity contribution < 1.29 is 0 Å². The molecule has 0 saturated heterocycles. The summed E-state index contributed by atoms with van der Waals surface area (Å²) in [6.07, 6.45) is 0. The van der Waals surface area contributed by atoms with Crippen LogP contribution in [0.2, 0.25) is 0 Å². The van der Waals surface area contributed by atoms with Crippen LogP contribution in [-0.4, -0.2) is 0 Å². The minimum absolute atomic E-state index is 0. The number of hydrogen-bond acceptors (Lipinski definition) is 2. The molecule has 0 saturated carbocycles. The van der Waals surface area contributed by atoms with Crippen molar-refractivity contribution in [3.05, 3.63) is 48.5 Å². The minimum Gasteiger partial charge on any atom is -0.399 e. The van der Waals surface area contributed by atoms with E-state index in [0.717, 1.165) is 22.5 Å². The molecule has 2 rings (SSSR count). The maximum absolute atomic E-state index is 5.87. The standard InChI is InChI=1S/C12H12N2.BrH/c13-10-6-7-12(14)11(8-10)9-4-2-1-3-5-9;/h1-8H,13-14H2;1H. The summed E-state index contributed by atoms with van der Waals surface area (Å²) in [5.74, 6) is 0. The van der Waals surface area contributed by atoms with Gasteiger partial charge in [0.15, 0.2) is 0 Å². The third-order valence-electron chi connectivity index (χ3n) is 2.16. The van der Waals surface area contributed by atoms with E-state index in [1.165, 1.54) is 0 Å². The number of hydrogen-bond donors (Lipinski definition) is 2. The molecular formula is C12H13BrN2. The molecule has 2 aromatic rings. The summed E-state index contributed by atoms with van der Waals surface area (Å²) in [6, 6.07) is 15.5. The first kappa shape index (κ1) is 11.6. The van der Waals surface area contributed by atoms with E-state index in [1.807, 2.05) is 48.5 Å². The second kappa shape index (κ2) is 4.84. The number of rotatable bonds is 1. The molecule has 2 aromatic carbocycles. The Bertz CT molecular complexity index is 441. The molecular weight excluding hydrogens is 252 g/mol. The predicted molar refractivity (Wildman–Crippen MR) is 71.0 cm³/mol. The van der Waals surface area contributed by atoms with Crippen molar-refractivity contribution in [1.82, 2.24) is 0 Å². The smallest absolute Gasteiger partial charge is 0.0395 e. The zero-order chi connectivity index (χ0) is 9.97. The molecule has 4 N–H and O–H groups in total. The van der Waals surface area contributed by atoms with Gasteiger partial charge >= 0.3 is 0 Å². The SMILES string of the molecule is Br.Nc1ccc(N)c(-c2ccccc2)c1. The fourth-order valence-corrected chi connectivity index (χ4v) is 1.44. The fourth-order valence-electron chi connectivity index (χ4n) is 1.44. The highest BCUT2D eigenvalue weighted by molar-refractivity contribution is 8.93. The van der Waals surface area contributed by atoms with E-state index in [9.17, 15) is 0 Å². The highest BCUT2D eigenvalue weighted by Crippen LogP contribution is 2.27. The normalized spacial score (nSPS) is 9.33. The van der Waals surface area contributed by atoms with Gasteiger partial charge in [0.2, 0.25) is 0 Å². The molecule has 78 valence electrons. The molecule has 15 heavy (non-hydrogen) atoms. The molecule has 0 atom stereocenters. The fraction of sp³-hybridized carbons (Fsp3) is 0. The number of halogens is 1. The number of nitrogen functional groups attached to an aromatic ring is 2. The van der Waals surface area contributed by atoms with Crippen molar-refractivity contribution >= 4 is 28.4 Å². The van der Waals surface area contributed by atoms with Crippen LogP contribution in [-0.2, 0) is 0 Å². The van der Waals surface area contributed by atoms with Crippen LogP contribution < -0.4 is 11.5 Å². The van der Waals surface area contributed by atoms with Crippen LogP contribution in [0.3, 0.4) is 0 Å². The number of anilines is 2. The van der Waals surface area contributed by atoms with E-state index in [2.05, 4.69) is 0 Å². The van der Waals surface area contributed by atoms with Gasteiger partial charge < -0.3 is 11.5 Å². The lowest BCUT2D eigenvalue weighted by atomic mass is 10.0. The van der Waals surface area contributed by atoms with Gasteiger partial charge in [-0.3, -0.25) is 0 Å². The first-order chi connectivity index (χ1) is 6.77. The van der Waals surface area contributed by atoms with Gasteiger partial charge in [0.1, 0.15) is 0 Å². The molecule has 2 nitrogen and oxygen atoms in total. The average molecular weight is 265 g/mol. The Morgan fingerprint density at radius 1 is 0.800 bits per heavy atom. The predicted octanol–water partition coefficient (Wildman–Crippen LogP) is 3.10. The average Bonchev–Trinajstić information content (AvgIpc) is 2.23. The highest BCUT2D eigenvalue weighted by atomic mass is 79.9. The molecule has 3 heteroatoms. The van der Waals surface area contributed by atoms with Crippen LogP contribution in [0.1, 0.15) is 0 Å². The van der Waals surface area contributed by atoms with E-state index in [4.69, 9.17) is 11.5 Å². The van der Waals surface area contributed by atoms with Crippen molar-refractivity contribution in [2.75, 3.05) is 11.5 Å². The van der Waals surface area contributed by atoms with Crippen LogP contribution in [0.5, 0.6) is 0 Å². The molecule has 0 radical (unpaired) electrons. The maximum Gasteiger partial charge on any atom is 0.0395 e. The zero-order valence-electron chi connectivity index (χ0n) is 8.18. The summed E-state index contributed by atoms with van der Waals surface area (Å²) < 4.78 is 0. The third-order valence-corrected chi connectivity index (χ3v) is 2.16. The van der Waals surface area contributed by atoms with E-state index in [-0.39, 0.29) is 17.0 Å². The van der Waals surface area contributed by atoms with Gasteiger partial charge in [-0.05, 0) is 23.8 Å². The molecule has 0 heterocycles. The lowest BCUT2D eigenvalue weighted by Gasteiger charge is -2.06. The molecule has 0 aliphatic heterocycles. The van der Waals surface area contributed by atoms with Crippen LogP contribution in [0.25, 0.3) is 11.1 Å². The molecule has 0 aliphatic carbocycles. The van der Waals surface area contributed by atoms with Crippen LogP contribution in [0, 0.1) is 0 Å². The van der Waals surface area contributed by atoms with E-state index in [1.54, 1.807) is 0 Å². The van der Waals surface area contributed by atoms with Gasteiger partial charge in [-0.1, -0.05) is 30.3 Å². The monoisotopic (exact) mass is 264 g/mol. The first-order valence-corrected chi connectivity index (χ1v) is 4.48. The number of benzene rings is 2. The van der Waals surface area contributed by atoms with Crippen molar-refractivity contribution in [2.24, 2.45) is 0 Å². The summed E-state index contributed by atoms with van der Waals surface area (Å²) in [6.45, 7) is 0. The van der Waals surface area contributed by atoms with E-state index < -0.39 is 0 Å². The van der Waals surface area contributed by atoms with Crippen LogP contribution in [0.15, 0.2) is 48.5 Å². The van der Waals surface area contributed by atoms with Gasteiger partial charge in [0.25, 0.3) is 0 Å².